The predicted octanol–water partition coefficient (Wildman–Crippen LogP) is 1.10. The van der Waals surface area contributed by atoms with Crippen LogP contribution in [0.3, 0.4) is 0 Å². The molecule has 0 amide bonds. The smallest absolute Gasteiger partial charge is 0.148 e. The lowest BCUT2D eigenvalue weighted by molar-refractivity contribution is -0.242. The van der Waals surface area contributed by atoms with Gasteiger partial charge in [-0.2, -0.15) is 5.26 Å². The molecular formula is C5H5NO3. The average molecular weight is 127 g/mol. The van der Waals surface area contributed by atoms with Crippen LogP contribution in [0.25, 0.3) is 0 Å². The maximum atomic E-state index is 7.73. The van der Waals surface area contributed by atoms with E-state index < -0.39 is 0 Å². The van der Waals surface area contributed by atoms with E-state index in [1.807, 2.05) is 0 Å². The van der Waals surface area contributed by atoms with E-state index in [0.29, 0.717) is 5.76 Å². The molecule has 9 heavy (non-hydrogen) atoms. The van der Waals surface area contributed by atoms with E-state index in [4.69, 9.17) is 9.67 Å². The van der Waals surface area contributed by atoms with Crippen LogP contribution >= 0.6 is 0 Å². The molecule has 48 valence electrons. The highest BCUT2D eigenvalue weighted by Gasteiger charge is 1.85. The third-order valence-corrected chi connectivity index (χ3v) is 0.770. The molecule has 0 radical (unpaired) electrons. The molecule has 4 nitrogen and oxygen atoms in total. The first kappa shape index (κ1) is 5.84. The lowest BCUT2D eigenvalue weighted by Gasteiger charge is -1.79. The van der Waals surface area contributed by atoms with Crippen molar-refractivity contribution in [3.63, 3.8) is 0 Å². The monoisotopic (exact) mass is 127 g/mol. The molecule has 0 aliphatic carbocycles. The SMILES string of the molecule is OON=Cc1ccco1. The fourth-order valence-corrected chi connectivity index (χ4v) is 0.440. The van der Waals surface area contributed by atoms with Crippen molar-refractivity contribution in [1.82, 2.24) is 0 Å². The van der Waals surface area contributed by atoms with Crippen LogP contribution in [-0.2, 0) is 4.99 Å². The Labute approximate surface area is 51.3 Å². The van der Waals surface area contributed by atoms with Gasteiger partial charge in [-0.05, 0) is 17.3 Å². The molecule has 0 aliphatic heterocycles. The molecule has 0 bridgehead atoms. The van der Waals surface area contributed by atoms with Gasteiger partial charge in [-0.1, -0.05) is 0 Å². The first-order valence-corrected chi connectivity index (χ1v) is 2.31. The molecule has 0 spiro atoms. The zero-order valence-corrected chi connectivity index (χ0v) is 4.52. The van der Waals surface area contributed by atoms with E-state index in [0.717, 1.165) is 0 Å². The van der Waals surface area contributed by atoms with Gasteiger partial charge in [0.05, 0.1) is 6.26 Å². The van der Waals surface area contributed by atoms with Crippen LogP contribution in [0, 0.1) is 0 Å². The first-order chi connectivity index (χ1) is 4.43. The van der Waals surface area contributed by atoms with E-state index in [2.05, 4.69) is 10.1 Å². The highest BCUT2D eigenvalue weighted by Crippen LogP contribution is 1.94. The molecule has 0 atom stereocenters. The Balaban J connectivity index is 2.57. The van der Waals surface area contributed by atoms with Crippen molar-refractivity contribution < 1.29 is 14.7 Å². The van der Waals surface area contributed by atoms with Gasteiger partial charge in [0.25, 0.3) is 0 Å². The van der Waals surface area contributed by atoms with Gasteiger partial charge in [0.2, 0.25) is 0 Å². The fraction of sp³-hybridized carbons (Fsp3) is 0. The minimum Gasteiger partial charge on any atom is -0.463 e. The van der Waals surface area contributed by atoms with Gasteiger partial charge in [0.15, 0.2) is 0 Å². The molecule has 0 saturated heterocycles. The molecule has 4 heteroatoms. The van der Waals surface area contributed by atoms with Gasteiger partial charge in [-0.15, -0.1) is 0 Å². The summed E-state index contributed by atoms with van der Waals surface area (Å²) in [4.78, 5) is 3.42. The molecule has 0 fully saturated rings. The Bertz CT molecular complexity index is 180. The average Bonchev–Trinajstić information content (AvgIpc) is 2.34. The molecule has 1 rings (SSSR count). The van der Waals surface area contributed by atoms with E-state index in [1.54, 1.807) is 12.1 Å². The maximum absolute atomic E-state index is 7.73. The van der Waals surface area contributed by atoms with Gasteiger partial charge in [0.1, 0.15) is 12.0 Å². The standard InChI is InChI=1S/C5H5NO3/c7-9-6-4-5-2-1-3-8-5/h1-4,7H. The molecule has 1 aromatic rings. The summed E-state index contributed by atoms with van der Waals surface area (Å²) in [5.41, 5.74) is 0. The van der Waals surface area contributed by atoms with Crippen molar-refractivity contribution in [3.05, 3.63) is 24.2 Å². The van der Waals surface area contributed by atoms with E-state index in [9.17, 15) is 0 Å². The maximum Gasteiger partial charge on any atom is 0.148 e. The molecule has 1 aromatic heterocycles. The first-order valence-electron chi connectivity index (χ1n) is 2.31. The van der Waals surface area contributed by atoms with Crippen molar-refractivity contribution >= 4 is 6.21 Å². The van der Waals surface area contributed by atoms with Gasteiger partial charge in [-0.25, -0.2) is 4.99 Å². The minimum absolute atomic E-state index is 0.532. The normalized spacial score (nSPS) is 10.3. The lowest BCUT2D eigenvalue weighted by atomic mass is 10.5. The third kappa shape index (κ3) is 1.58. The summed E-state index contributed by atoms with van der Waals surface area (Å²) in [6.45, 7) is 0. The summed E-state index contributed by atoms with van der Waals surface area (Å²) in [7, 11) is 0. The molecular weight excluding hydrogens is 122 g/mol. The summed E-state index contributed by atoms with van der Waals surface area (Å²) in [6, 6.07) is 3.39. The van der Waals surface area contributed by atoms with Crippen LogP contribution < -0.4 is 0 Å². The number of hydrogen-bond donors (Lipinski definition) is 1. The van der Waals surface area contributed by atoms with Gasteiger partial charge in [0, 0.05) is 0 Å². The Kier molecular flexibility index (Phi) is 1.87. The Morgan fingerprint density at radius 3 is 3.22 bits per heavy atom. The molecule has 0 aromatic carbocycles. The topological polar surface area (TPSA) is 55.0 Å². The third-order valence-electron chi connectivity index (χ3n) is 0.770. The number of oxime groups is 1. The summed E-state index contributed by atoms with van der Waals surface area (Å²) >= 11 is 0. The summed E-state index contributed by atoms with van der Waals surface area (Å²) in [5.74, 6) is 0.532. The summed E-state index contributed by atoms with van der Waals surface area (Å²) in [6.07, 6.45) is 2.75. The van der Waals surface area contributed by atoms with E-state index >= 15 is 0 Å². The second-order valence-corrected chi connectivity index (χ2v) is 1.33. The Morgan fingerprint density at radius 1 is 1.78 bits per heavy atom. The summed E-state index contributed by atoms with van der Waals surface area (Å²) in [5, 5.41) is 10.8. The van der Waals surface area contributed by atoms with Crippen LogP contribution in [-0.4, -0.2) is 11.5 Å². The van der Waals surface area contributed by atoms with Gasteiger partial charge in [-0.3, -0.25) is 0 Å². The predicted molar refractivity (Wildman–Crippen MR) is 30.0 cm³/mol. The molecule has 0 saturated carbocycles. The van der Waals surface area contributed by atoms with E-state index in [-0.39, 0.29) is 0 Å². The van der Waals surface area contributed by atoms with Crippen LogP contribution in [0.4, 0.5) is 0 Å². The second kappa shape index (κ2) is 2.88. The highest BCUT2D eigenvalue weighted by molar-refractivity contribution is 5.74. The Morgan fingerprint density at radius 2 is 2.67 bits per heavy atom. The van der Waals surface area contributed by atoms with Gasteiger partial charge < -0.3 is 4.42 Å². The molecule has 0 unspecified atom stereocenters. The fourth-order valence-electron chi connectivity index (χ4n) is 0.440. The van der Waals surface area contributed by atoms with Crippen molar-refractivity contribution in [2.75, 3.05) is 0 Å². The number of furan rings is 1. The largest absolute Gasteiger partial charge is 0.463 e. The van der Waals surface area contributed by atoms with Crippen LogP contribution in [0.15, 0.2) is 28.0 Å². The van der Waals surface area contributed by atoms with Crippen molar-refractivity contribution in [2.24, 2.45) is 5.16 Å². The molecule has 1 N–H and O–H groups in total. The van der Waals surface area contributed by atoms with Crippen molar-refractivity contribution in [3.8, 4) is 0 Å². The zero-order valence-electron chi connectivity index (χ0n) is 4.52. The molecule has 1 heterocycles. The quantitative estimate of drug-likeness (QED) is 0.367. The molecule has 0 aliphatic rings. The highest BCUT2D eigenvalue weighted by atomic mass is 17.2. The van der Waals surface area contributed by atoms with Gasteiger partial charge >= 0.3 is 0 Å². The van der Waals surface area contributed by atoms with Crippen LogP contribution in [0.5, 0.6) is 0 Å². The minimum atomic E-state index is 0.532. The zero-order chi connectivity index (χ0) is 6.53. The van der Waals surface area contributed by atoms with Crippen LogP contribution in [0.2, 0.25) is 0 Å². The van der Waals surface area contributed by atoms with Crippen molar-refractivity contribution in [2.45, 2.75) is 0 Å². The second-order valence-electron chi connectivity index (χ2n) is 1.33. The van der Waals surface area contributed by atoms with Crippen molar-refractivity contribution in [1.29, 1.82) is 0 Å². The van der Waals surface area contributed by atoms with Crippen LogP contribution in [0.1, 0.15) is 5.76 Å². The number of nitrogens with zero attached hydrogens (tertiary/aromatic N) is 1. The number of rotatable bonds is 2. The lowest BCUT2D eigenvalue weighted by Crippen LogP contribution is -1.75. The summed E-state index contributed by atoms with van der Waals surface area (Å²) < 4.78 is 4.80. The van der Waals surface area contributed by atoms with E-state index in [1.165, 1.54) is 12.5 Å². The Hall–Kier alpha value is -1.29. The number of hydrogen-bond acceptors (Lipinski definition) is 4.